The molecule has 0 heterocycles. The van der Waals surface area contributed by atoms with Crippen molar-refractivity contribution < 1.29 is 34.2 Å². The van der Waals surface area contributed by atoms with Crippen molar-refractivity contribution in [1.82, 2.24) is 16.0 Å². The summed E-state index contributed by atoms with van der Waals surface area (Å²) in [5.74, 6) is -5.06. The van der Waals surface area contributed by atoms with Crippen molar-refractivity contribution in [3.8, 4) is 0 Å². The molecular weight excluding hydrogens is 384 g/mol. The van der Waals surface area contributed by atoms with Crippen molar-refractivity contribution >= 4 is 29.7 Å². The van der Waals surface area contributed by atoms with E-state index in [9.17, 15) is 24.0 Å². The summed E-state index contributed by atoms with van der Waals surface area (Å²) >= 11 is 0. The van der Waals surface area contributed by atoms with Crippen LogP contribution in [0.25, 0.3) is 0 Å². The number of amides is 3. The van der Waals surface area contributed by atoms with Crippen molar-refractivity contribution in [2.75, 3.05) is 0 Å². The summed E-state index contributed by atoms with van der Waals surface area (Å²) < 4.78 is 0. The predicted octanol–water partition coefficient (Wildman–Crippen LogP) is -0.951. The van der Waals surface area contributed by atoms with Gasteiger partial charge in [0.2, 0.25) is 17.7 Å². The second kappa shape index (κ2) is 12.0. The molecule has 0 saturated carbocycles. The second-order valence-corrected chi connectivity index (χ2v) is 7.56. The van der Waals surface area contributed by atoms with Crippen LogP contribution < -0.4 is 21.7 Å². The Morgan fingerprint density at radius 2 is 1.34 bits per heavy atom. The molecule has 0 rings (SSSR count). The third-order valence-corrected chi connectivity index (χ3v) is 4.28. The van der Waals surface area contributed by atoms with Crippen molar-refractivity contribution in [3.05, 3.63) is 0 Å². The van der Waals surface area contributed by atoms with Crippen molar-refractivity contribution in [3.63, 3.8) is 0 Å². The Labute approximate surface area is 169 Å². The molecule has 0 spiro atoms. The van der Waals surface area contributed by atoms with Gasteiger partial charge in [-0.3, -0.25) is 24.0 Å². The second-order valence-electron chi connectivity index (χ2n) is 7.56. The van der Waals surface area contributed by atoms with Crippen LogP contribution in [-0.4, -0.2) is 64.0 Å². The summed E-state index contributed by atoms with van der Waals surface area (Å²) in [7, 11) is 0. The molecule has 4 unspecified atom stereocenters. The van der Waals surface area contributed by atoms with E-state index in [1.54, 1.807) is 27.7 Å². The normalized spacial score (nSPS) is 15.2. The number of carboxylic acid groups (broad SMARTS) is 2. The summed E-state index contributed by atoms with van der Waals surface area (Å²) in [5, 5.41) is 25.0. The monoisotopic (exact) mass is 416 g/mol. The summed E-state index contributed by atoms with van der Waals surface area (Å²) in [5.41, 5.74) is 5.77. The molecule has 0 aliphatic rings. The summed E-state index contributed by atoms with van der Waals surface area (Å²) in [6.07, 6.45) is -0.584. The zero-order valence-electron chi connectivity index (χ0n) is 17.4. The van der Waals surface area contributed by atoms with Crippen LogP contribution in [0.1, 0.15) is 47.5 Å². The zero-order valence-corrected chi connectivity index (χ0v) is 17.4. The van der Waals surface area contributed by atoms with Crippen molar-refractivity contribution in [1.29, 1.82) is 0 Å². The van der Waals surface area contributed by atoms with Gasteiger partial charge in [0.25, 0.3) is 0 Å². The fourth-order valence-corrected chi connectivity index (χ4v) is 2.26. The van der Waals surface area contributed by atoms with Gasteiger partial charge in [-0.1, -0.05) is 27.7 Å². The minimum atomic E-state index is -1.23. The van der Waals surface area contributed by atoms with Gasteiger partial charge in [-0.15, -0.1) is 0 Å². The number of nitrogens with two attached hydrogens (primary N) is 1. The van der Waals surface area contributed by atoms with E-state index in [1.165, 1.54) is 6.92 Å². The lowest BCUT2D eigenvalue weighted by atomic mass is 10.0. The maximum Gasteiger partial charge on any atom is 0.325 e. The van der Waals surface area contributed by atoms with E-state index in [4.69, 9.17) is 15.9 Å². The Balaban J connectivity index is 5.35. The molecule has 4 atom stereocenters. The van der Waals surface area contributed by atoms with E-state index in [0.717, 1.165) is 0 Å². The predicted molar refractivity (Wildman–Crippen MR) is 104 cm³/mol. The largest absolute Gasteiger partial charge is 0.481 e. The van der Waals surface area contributed by atoms with Crippen molar-refractivity contribution in [2.45, 2.75) is 71.6 Å². The highest BCUT2D eigenvalue weighted by Gasteiger charge is 2.31. The van der Waals surface area contributed by atoms with Crippen LogP contribution in [0, 0.1) is 11.8 Å². The van der Waals surface area contributed by atoms with E-state index in [0.29, 0.717) is 0 Å². The zero-order chi connectivity index (χ0) is 22.9. The fraction of sp³-hybridized carbons (Fsp3) is 0.722. The Morgan fingerprint density at radius 3 is 1.76 bits per heavy atom. The Bertz CT molecular complexity index is 621. The minimum absolute atomic E-state index is 0.199. The topological polar surface area (TPSA) is 188 Å². The van der Waals surface area contributed by atoms with Crippen LogP contribution in [-0.2, 0) is 24.0 Å². The smallest absolute Gasteiger partial charge is 0.325 e. The maximum atomic E-state index is 12.7. The summed E-state index contributed by atoms with van der Waals surface area (Å²) in [6, 6.07) is -4.34. The molecule has 29 heavy (non-hydrogen) atoms. The van der Waals surface area contributed by atoms with Crippen LogP contribution in [0.4, 0.5) is 0 Å². The van der Waals surface area contributed by atoms with E-state index < -0.39 is 59.7 Å². The molecule has 0 aromatic heterocycles. The number of hydrogen-bond acceptors (Lipinski definition) is 6. The molecule has 0 radical (unpaired) electrons. The number of nitrogens with one attached hydrogen (secondary N) is 3. The highest BCUT2D eigenvalue weighted by molar-refractivity contribution is 5.94. The van der Waals surface area contributed by atoms with E-state index >= 15 is 0 Å². The average molecular weight is 416 g/mol. The van der Waals surface area contributed by atoms with Gasteiger partial charge in [0.1, 0.15) is 18.1 Å². The molecule has 0 aromatic carbocycles. The van der Waals surface area contributed by atoms with Gasteiger partial charge >= 0.3 is 11.9 Å². The minimum Gasteiger partial charge on any atom is -0.481 e. The van der Waals surface area contributed by atoms with Gasteiger partial charge in [0, 0.05) is 6.42 Å². The van der Waals surface area contributed by atoms with Crippen LogP contribution in [0.3, 0.4) is 0 Å². The molecule has 0 saturated heterocycles. The summed E-state index contributed by atoms with van der Waals surface area (Å²) in [4.78, 5) is 59.0. The molecule has 7 N–H and O–H groups in total. The number of carboxylic acids is 2. The molecule has 0 aliphatic carbocycles. The van der Waals surface area contributed by atoms with Crippen LogP contribution >= 0.6 is 0 Å². The average Bonchev–Trinajstić information content (AvgIpc) is 2.60. The van der Waals surface area contributed by atoms with Crippen LogP contribution in [0.5, 0.6) is 0 Å². The van der Waals surface area contributed by atoms with E-state index in [-0.39, 0.29) is 18.8 Å². The molecule has 0 fully saturated rings. The number of carbonyl (C=O) groups excluding carboxylic acids is 3. The Kier molecular flexibility index (Phi) is 10.9. The van der Waals surface area contributed by atoms with E-state index in [1.807, 2.05) is 0 Å². The molecule has 11 nitrogen and oxygen atoms in total. The first-order valence-electron chi connectivity index (χ1n) is 9.39. The molecule has 3 amide bonds. The highest BCUT2D eigenvalue weighted by atomic mass is 16.4. The number of carbonyl (C=O) groups is 5. The van der Waals surface area contributed by atoms with Gasteiger partial charge < -0.3 is 31.9 Å². The number of rotatable bonds is 12. The van der Waals surface area contributed by atoms with Gasteiger partial charge in [-0.25, -0.2) is 0 Å². The van der Waals surface area contributed by atoms with Crippen LogP contribution in [0.2, 0.25) is 0 Å². The third-order valence-electron chi connectivity index (χ3n) is 4.28. The molecular formula is C18H32N4O7. The molecule has 166 valence electrons. The summed E-state index contributed by atoms with van der Waals surface area (Å²) in [6.45, 7) is 8.02. The van der Waals surface area contributed by atoms with Gasteiger partial charge in [-0.2, -0.15) is 0 Å². The first-order valence-corrected chi connectivity index (χ1v) is 9.39. The first-order chi connectivity index (χ1) is 13.3. The lowest BCUT2D eigenvalue weighted by Gasteiger charge is -2.26. The molecule has 0 bridgehead atoms. The van der Waals surface area contributed by atoms with Crippen LogP contribution in [0.15, 0.2) is 0 Å². The van der Waals surface area contributed by atoms with Gasteiger partial charge in [0.15, 0.2) is 0 Å². The SMILES string of the molecule is CC(NC(=O)C(NC(=O)C(CCC(=O)O)NC(=O)C(N)C(C)C)C(C)C)C(=O)O. The fourth-order valence-electron chi connectivity index (χ4n) is 2.26. The standard InChI is InChI=1S/C18H32N4O7/c1-8(2)13(19)16(26)21-11(6-7-12(23)24)15(25)22-14(9(3)4)17(27)20-10(5)18(28)29/h8-11,13-14H,6-7,19H2,1-5H3,(H,20,27)(H,21,26)(H,22,25)(H,23,24)(H,28,29). The first kappa shape index (κ1) is 26.3. The number of aliphatic carboxylic acids is 2. The third kappa shape index (κ3) is 9.37. The lowest BCUT2D eigenvalue weighted by Crippen LogP contribution is -2.58. The molecule has 11 heteroatoms. The van der Waals surface area contributed by atoms with Crippen molar-refractivity contribution in [2.24, 2.45) is 17.6 Å². The van der Waals surface area contributed by atoms with Gasteiger partial charge in [0.05, 0.1) is 6.04 Å². The number of hydrogen-bond donors (Lipinski definition) is 6. The maximum absolute atomic E-state index is 12.7. The Morgan fingerprint density at radius 1 is 0.793 bits per heavy atom. The highest BCUT2D eigenvalue weighted by Crippen LogP contribution is 2.07. The van der Waals surface area contributed by atoms with E-state index in [2.05, 4.69) is 16.0 Å². The van der Waals surface area contributed by atoms with Gasteiger partial charge in [-0.05, 0) is 25.2 Å². The Hall–Kier alpha value is -2.69. The quantitative estimate of drug-likeness (QED) is 0.235. The lowest BCUT2D eigenvalue weighted by molar-refractivity contribution is -0.142. The molecule has 0 aliphatic heterocycles. The molecule has 0 aromatic rings.